The van der Waals surface area contributed by atoms with Crippen LogP contribution in [0.15, 0.2) is 59.6 Å². The van der Waals surface area contributed by atoms with Gasteiger partial charge in [0, 0.05) is 19.5 Å². The first kappa shape index (κ1) is 21.0. The van der Waals surface area contributed by atoms with E-state index in [1.54, 1.807) is 0 Å². The van der Waals surface area contributed by atoms with Crippen molar-refractivity contribution < 1.29 is 4.74 Å². The van der Waals surface area contributed by atoms with Crippen molar-refractivity contribution in [3.63, 3.8) is 0 Å². The van der Waals surface area contributed by atoms with Crippen LogP contribution >= 0.6 is 24.0 Å². The molecule has 1 heterocycles. The number of benzene rings is 2. The molecule has 0 fully saturated rings. The zero-order valence-corrected chi connectivity index (χ0v) is 17.8. The third-order valence-electron chi connectivity index (χ3n) is 3.81. The minimum atomic E-state index is 0. The number of nitrogens with zero attached hydrogens (tertiary/aromatic N) is 2. The molecule has 6 nitrogen and oxygen atoms in total. The predicted octanol–water partition coefficient (Wildman–Crippen LogP) is 3.36. The molecule has 0 bridgehead atoms. The number of aliphatic imine (C=N–C) groups is 1. The number of ether oxygens (including phenoxy) is 1. The third-order valence-corrected chi connectivity index (χ3v) is 3.81. The molecule has 0 spiro atoms. The molecule has 0 saturated heterocycles. The molecule has 0 unspecified atom stereocenters. The summed E-state index contributed by atoms with van der Waals surface area (Å²) in [6.45, 7) is 4.80. The minimum absolute atomic E-state index is 0. The first-order valence-electron chi connectivity index (χ1n) is 8.99. The summed E-state index contributed by atoms with van der Waals surface area (Å²) in [5, 5.41) is 6.53. The fourth-order valence-corrected chi connectivity index (χ4v) is 2.59. The highest BCUT2D eigenvalue weighted by Crippen LogP contribution is 2.10. The monoisotopic (exact) mass is 479 g/mol. The predicted molar refractivity (Wildman–Crippen MR) is 121 cm³/mol. The second-order valence-electron chi connectivity index (χ2n) is 5.80. The number of para-hydroxylation sites is 3. The maximum atomic E-state index is 5.68. The molecule has 0 amide bonds. The number of halogens is 1. The number of hydrogen-bond acceptors (Lipinski definition) is 3. The quantitative estimate of drug-likeness (QED) is 0.201. The molecule has 144 valence electrons. The Labute approximate surface area is 176 Å². The molecular formula is C20H26IN5O. The molecule has 0 aliphatic rings. The summed E-state index contributed by atoms with van der Waals surface area (Å²) in [6, 6.07) is 17.9. The van der Waals surface area contributed by atoms with Gasteiger partial charge in [-0.15, -0.1) is 24.0 Å². The van der Waals surface area contributed by atoms with Crippen molar-refractivity contribution in [1.29, 1.82) is 0 Å². The van der Waals surface area contributed by atoms with Gasteiger partial charge in [-0.05, 0) is 31.2 Å². The lowest BCUT2D eigenvalue weighted by Crippen LogP contribution is -2.39. The second kappa shape index (κ2) is 11.4. The Bertz CT molecular complexity index is 802. The SMILES string of the molecule is CCNC(=NCCc1nc2ccccc2[nH]1)NCCOc1ccccc1.I. The zero-order valence-electron chi connectivity index (χ0n) is 15.4. The lowest BCUT2D eigenvalue weighted by molar-refractivity contribution is 0.322. The molecule has 3 aromatic rings. The molecular weight excluding hydrogens is 453 g/mol. The van der Waals surface area contributed by atoms with E-state index in [1.165, 1.54) is 0 Å². The molecule has 3 N–H and O–H groups in total. The number of nitrogens with one attached hydrogen (secondary N) is 3. The fraction of sp³-hybridized carbons (Fsp3) is 0.300. The van der Waals surface area contributed by atoms with Crippen LogP contribution in [0.25, 0.3) is 11.0 Å². The van der Waals surface area contributed by atoms with E-state index in [0.717, 1.165) is 41.5 Å². The van der Waals surface area contributed by atoms with Gasteiger partial charge in [-0.3, -0.25) is 4.99 Å². The number of imidazole rings is 1. The van der Waals surface area contributed by atoms with E-state index in [-0.39, 0.29) is 24.0 Å². The fourth-order valence-electron chi connectivity index (χ4n) is 2.59. The standard InChI is InChI=1S/C20H25N5O.HI/c1-2-21-20(23-14-15-26-16-8-4-3-5-9-16)22-13-12-19-24-17-10-6-7-11-18(17)25-19;/h3-11H,2,12-15H2,1H3,(H,24,25)(H2,21,22,23);1H. The maximum Gasteiger partial charge on any atom is 0.191 e. The average Bonchev–Trinajstić information content (AvgIpc) is 3.09. The van der Waals surface area contributed by atoms with Gasteiger partial charge in [-0.1, -0.05) is 30.3 Å². The molecule has 0 atom stereocenters. The van der Waals surface area contributed by atoms with Gasteiger partial charge in [-0.2, -0.15) is 0 Å². The summed E-state index contributed by atoms with van der Waals surface area (Å²) in [7, 11) is 0. The van der Waals surface area contributed by atoms with Crippen LogP contribution in [0.5, 0.6) is 5.75 Å². The molecule has 1 aromatic heterocycles. The lowest BCUT2D eigenvalue weighted by atomic mass is 10.3. The maximum absolute atomic E-state index is 5.68. The van der Waals surface area contributed by atoms with Crippen LogP contribution in [-0.4, -0.2) is 42.2 Å². The Kier molecular flexibility index (Phi) is 8.90. The van der Waals surface area contributed by atoms with Crippen molar-refractivity contribution in [3.8, 4) is 5.75 Å². The van der Waals surface area contributed by atoms with E-state index in [0.29, 0.717) is 19.7 Å². The van der Waals surface area contributed by atoms with Crippen LogP contribution in [0.3, 0.4) is 0 Å². The van der Waals surface area contributed by atoms with Gasteiger partial charge in [0.05, 0.1) is 17.6 Å². The van der Waals surface area contributed by atoms with Crippen LogP contribution in [-0.2, 0) is 6.42 Å². The molecule has 0 aliphatic heterocycles. The molecule has 7 heteroatoms. The number of aromatic amines is 1. The largest absolute Gasteiger partial charge is 0.492 e. The van der Waals surface area contributed by atoms with Gasteiger partial charge in [-0.25, -0.2) is 4.98 Å². The van der Waals surface area contributed by atoms with Crippen molar-refractivity contribution in [3.05, 3.63) is 60.4 Å². The first-order valence-corrected chi connectivity index (χ1v) is 8.99. The number of aromatic nitrogens is 2. The smallest absolute Gasteiger partial charge is 0.191 e. The van der Waals surface area contributed by atoms with Crippen molar-refractivity contribution >= 4 is 41.0 Å². The van der Waals surface area contributed by atoms with Crippen LogP contribution < -0.4 is 15.4 Å². The second-order valence-corrected chi connectivity index (χ2v) is 5.80. The zero-order chi connectivity index (χ0) is 18.0. The van der Waals surface area contributed by atoms with Crippen molar-refractivity contribution in [2.75, 3.05) is 26.2 Å². The first-order chi connectivity index (χ1) is 12.8. The van der Waals surface area contributed by atoms with Crippen LogP contribution in [0.4, 0.5) is 0 Å². The van der Waals surface area contributed by atoms with Gasteiger partial charge in [0.1, 0.15) is 18.2 Å². The number of guanidine groups is 1. The molecule has 0 saturated carbocycles. The number of rotatable bonds is 8. The topological polar surface area (TPSA) is 74.3 Å². The van der Waals surface area contributed by atoms with E-state index in [9.17, 15) is 0 Å². The van der Waals surface area contributed by atoms with Gasteiger partial charge < -0.3 is 20.4 Å². The molecule has 0 aliphatic carbocycles. The summed E-state index contributed by atoms with van der Waals surface area (Å²) < 4.78 is 5.68. The van der Waals surface area contributed by atoms with Gasteiger partial charge >= 0.3 is 0 Å². The Hall–Kier alpha value is -2.29. The summed E-state index contributed by atoms with van der Waals surface area (Å²) in [5.74, 6) is 2.62. The summed E-state index contributed by atoms with van der Waals surface area (Å²) in [4.78, 5) is 12.5. The van der Waals surface area contributed by atoms with E-state index >= 15 is 0 Å². The molecule has 3 rings (SSSR count). The summed E-state index contributed by atoms with van der Waals surface area (Å²) in [5.41, 5.74) is 2.06. The van der Waals surface area contributed by atoms with E-state index in [4.69, 9.17) is 4.74 Å². The highest BCUT2D eigenvalue weighted by atomic mass is 127. The average molecular weight is 479 g/mol. The Balaban J connectivity index is 0.00000261. The highest BCUT2D eigenvalue weighted by molar-refractivity contribution is 14.0. The van der Waals surface area contributed by atoms with Gasteiger partial charge in [0.25, 0.3) is 0 Å². The van der Waals surface area contributed by atoms with Gasteiger partial charge in [0.2, 0.25) is 0 Å². The normalized spacial score (nSPS) is 11.1. The van der Waals surface area contributed by atoms with Crippen molar-refractivity contribution in [2.24, 2.45) is 4.99 Å². The van der Waals surface area contributed by atoms with Crippen molar-refractivity contribution in [1.82, 2.24) is 20.6 Å². The number of hydrogen-bond donors (Lipinski definition) is 3. The molecule has 2 aromatic carbocycles. The number of fused-ring (bicyclic) bond motifs is 1. The van der Waals surface area contributed by atoms with Crippen LogP contribution in [0.2, 0.25) is 0 Å². The van der Waals surface area contributed by atoms with Crippen molar-refractivity contribution in [2.45, 2.75) is 13.3 Å². The van der Waals surface area contributed by atoms with Crippen LogP contribution in [0.1, 0.15) is 12.7 Å². The lowest BCUT2D eigenvalue weighted by Gasteiger charge is -2.12. The highest BCUT2D eigenvalue weighted by Gasteiger charge is 2.02. The summed E-state index contributed by atoms with van der Waals surface area (Å²) in [6.07, 6.45) is 0.770. The Morgan fingerprint density at radius 1 is 1.07 bits per heavy atom. The Morgan fingerprint density at radius 2 is 1.85 bits per heavy atom. The van der Waals surface area contributed by atoms with E-state index in [2.05, 4.69) is 32.5 Å². The number of H-pyrrole nitrogens is 1. The van der Waals surface area contributed by atoms with E-state index in [1.807, 2.05) is 54.6 Å². The van der Waals surface area contributed by atoms with Crippen LogP contribution in [0, 0.1) is 0 Å². The minimum Gasteiger partial charge on any atom is -0.492 e. The Morgan fingerprint density at radius 3 is 2.63 bits per heavy atom. The van der Waals surface area contributed by atoms with E-state index < -0.39 is 0 Å². The summed E-state index contributed by atoms with van der Waals surface area (Å²) >= 11 is 0. The van der Waals surface area contributed by atoms with Gasteiger partial charge in [0.15, 0.2) is 5.96 Å². The third kappa shape index (κ3) is 6.74. The molecule has 27 heavy (non-hydrogen) atoms. The molecule has 0 radical (unpaired) electrons.